The van der Waals surface area contributed by atoms with Crippen LogP contribution in [-0.4, -0.2) is 15.0 Å². The lowest BCUT2D eigenvalue weighted by molar-refractivity contribution is 0.738. The average Bonchev–Trinajstić information content (AvgIpc) is 2.46. The van der Waals surface area contributed by atoms with Crippen LogP contribution in [0.25, 0.3) is 0 Å². The van der Waals surface area contributed by atoms with E-state index in [0.29, 0.717) is 11.6 Å². The fourth-order valence-corrected chi connectivity index (χ4v) is 1.94. The van der Waals surface area contributed by atoms with Crippen LogP contribution in [0.15, 0.2) is 42.6 Å². The average molecular weight is 272 g/mol. The van der Waals surface area contributed by atoms with Gasteiger partial charge in [-0.2, -0.15) is 0 Å². The highest BCUT2D eigenvalue weighted by atomic mass is 32.1. The molecule has 5 heteroatoms. The third kappa shape index (κ3) is 3.48. The highest BCUT2D eigenvalue weighted by molar-refractivity contribution is 7.80. The SMILES string of the molecule is CCC(Nc1nccc(C(N)=S)n1)c1ccccc1. The number of nitrogens with zero attached hydrogens (tertiary/aromatic N) is 2. The molecule has 19 heavy (non-hydrogen) atoms. The van der Waals surface area contributed by atoms with E-state index in [1.54, 1.807) is 12.3 Å². The van der Waals surface area contributed by atoms with Gasteiger partial charge in [0.2, 0.25) is 5.95 Å². The van der Waals surface area contributed by atoms with Crippen molar-refractivity contribution >= 4 is 23.2 Å². The molecule has 1 unspecified atom stereocenters. The molecule has 0 radical (unpaired) electrons. The van der Waals surface area contributed by atoms with Gasteiger partial charge in [-0.3, -0.25) is 0 Å². The Morgan fingerprint density at radius 3 is 2.68 bits per heavy atom. The number of anilines is 1. The Labute approximate surface area is 118 Å². The van der Waals surface area contributed by atoms with E-state index in [9.17, 15) is 0 Å². The van der Waals surface area contributed by atoms with E-state index in [2.05, 4.69) is 34.3 Å². The summed E-state index contributed by atoms with van der Waals surface area (Å²) in [5, 5.41) is 3.30. The number of hydrogen-bond acceptors (Lipinski definition) is 4. The molecule has 0 saturated heterocycles. The fourth-order valence-electron chi connectivity index (χ4n) is 1.83. The van der Waals surface area contributed by atoms with Crippen molar-refractivity contribution in [2.75, 3.05) is 5.32 Å². The minimum absolute atomic E-state index is 0.169. The predicted octanol–water partition coefficient (Wildman–Crippen LogP) is 2.67. The molecule has 4 nitrogen and oxygen atoms in total. The number of aromatic nitrogens is 2. The van der Waals surface area contributed by atoms with Crippen molar-refractivity contribution in [3.8, 4) is 0 Å². The first-order chi connectivity index (χ1) is 9.20. The first kappa shape index (κ1) is 13.4. The lowest BCUT2D eigenvalue weighted by Gasteiger charge is -2.17. The second kappa shape index (κ2) is 6.24. The summed E-state index contributed by atoms with van der Waals surface area (Å²) in [6, 6.07) is 12.1. The Hall–Kier alpha value is -2.01. The Balaban J connectivity index is 2.19. The van der Waals surface area contributed by atoms with Gasteiger partial charge in [-0.15, -0.1) is 0 Å². The number of benzene rings is 1. The number of rotatable bonds is 5. The summed E-state index contributed by atoms with van der Waals surface area (Å²) in [5.74, 6) is 0.543. The highest BCUT2D eigenvalue weighted by Crippen LogP contribution is 2.20. The fraction of sp³-hybridized carbons (Fsp3) is 0.214. The van der Waals surface area contributed by atoms with Gasteiger partial charge in [-0.05, 0) is 18.1 Å². The molecule has 2 aromatic rings. The Bertz CT molecular complexity index is 556. The van der Waals surface area contributed by atoms with Gasteiger partial charge in [0.25, 0.3) is 0 Å². The lowest BCUT2D eigenvalue weighted by atomic mass is 10.1. The number of nitrogens with one attached hydrogen (secondary N) is 1. The first-order valence-electron chi connectivity index (χ1n) is 6.15. The summed E-state index contributed by atoms with van der Waals surface area (Å²) in [5.41, 5.74) is 7.35. The molecular formula is C14H16N4S. The van der Waals surface area contributed by atoms with E-state index >= 15 is 0 Å². The summed E-state index contributed by atoms with van der Waals surface area (Å²) >= 11 is 4.92. The Kier molecular flexibility index (Phi) is 4.41. The van der Waals surface area contributed by atoms with E-state index in [0.717, 1.165) is 6.42 Å². The maximum absolute atomic E-state index is 5.57. The van der Waals surface area contributed by atoms with Crippen LogP contribution in [-0.2, 0) is 0 Å². The monoisotopic (exact) mass is 272 g/mol. The molecular weight excluding hydrogens is 256 g/mol. The number of nitrogens with two attached hydrogens (primary N) is 1. The van der Waals surface area contributed by atoms with Crippen molar-refractivity contribution in [1.29, 1.82) is 0 Å². The molecule has 0 saturated carbocycles. The van der Waals surface area contributed by atoms with Crippen LogP contribution in [0.5, 0.6) is 0 Å². The van der Waals surface area contributed by atoms with E-state index in [-0.39, 0.29) is 11.0 Å². The van der Waals surface area contributed by atoms with Crippen LogP contribution in [0.2, 0.25) is 0 Å². The van der Waals surface area contributed by atoms with Gasteiger partial charge in [0.1, 0.15) is 10.7 Å². The van der Waals surface area contributed by atoms with E-state index < -0.39 is 0 Å². The summed E-state index contributed by atoms with van der Waals surface area (Å²) < 4.78 is 0. The molecule has 98 valence electrons. The molecule has 0 aliphatic heterocycles. The second-order valence-electron chi connectivity index (χ2n) is 4.15. The standard InChI is InChI=1S/C14H16N4S/c1-2-11(10-6-4-3-5-7-10)17-14-16-9-8-12(18-14)13(15)19/h3-9,11H,2H2,1H3,(H2,15,19)(H,16,17,18). The quantitative estimate of drug-likeness (QED) is 0.819. The summed E-state index contributed by atoms with van der Waals surface area (Å²) in [6.07, 6.45) is 2.59. The maximum atomic E-state index is 5.57. The highest BCUT2D eigenvalue weighted by Gasteiger charge is 2.10. The van der Waals surface area contributed by atoms with Gasteiger partial charge in [0.05, 0.1) is 6.04 Å². The predicted molar refractivity (Wildman–Crippen MR) is 81.0 cm³/mol. The number of hydrogen-bond donors (Lipinski definition) is 2. The van der Waals surface area contributed by atoms with Crippen LogP contribution < -0.4 is 11.1 Å². The summed E-state index contributed by atoms with van der Waals surface area (Å²) in [7, 11) is 0. The first-order valence-corrected chi connectivity index (χ1v) is 6.56. The van der Waals surface area contributed by atoms with Gasteiger partial charge < -0.3 is 11.1 Å². The summed E-state index contributed by atoms with van der Waals surface area (Å²) in [6.45, 7) is 2.11. The van der Waals surface area contributed by atoms with Crippen LogP contribution in [0.1, 0.15) is 30.6 Å². The third-order valence-electron chi connectivity index (χ3n) is 2.82. The van der Waals surface area contributed by atoms with Crippen LogP contribution in [0, 0.1) is 0 Å². The van der Waals surface area contributed by atoms with Crippen molar-refractivity contribution in [3.63, 3.8) is 0 Å². The molecule has 0 amide bonds. The molecule has 0 aliphatic carbocycles. The summed E-state index contributed by atoms with van der Waals surface area (Å²) in [4.78, 5) is 8.77. The Morgan fingerprint density at radius 1 is 1.32 bits per heavy atom. The molecule has 3 N–H and O–H groups in total. The van der Waals surface area contributed by atoms with Gasteiger partial charge >= 0.3 is 0 Å². The molecule has 0 fully saturated rings. The van der Waals surface area contributed by atoms with Crippen LogP contribution in [0.3, 0.4) is 0 Å². The molecule has 2 rings (SSSR count). The Morgan fingerprint density at radius 2 is 2.05 bits per heavy atom. The zero-order valence-corrected chi connectivity index (χ0v) is 11.5. The minimum Gasteiger partial charge on any atom is -0.388 e. The van der Waals surface area contributed by atoms with Crippen molar-refractivity contribution in [2.24, 2.45) is 5.73 Å². The van der Waals surface area contributed by atoms with Crippen molar-refractivity contribution in [2.45, 2.75) is 19.4 Å². The van der Waals surface area contributed by atoms with Gasteiger partial charge in [-0.25, -0.2) is 9.97 Å². The lowest BCUT2D eigenvalue weighted by Crippen LogP contribution is -2.16. The topological polar surface area (TPSA) is 63.8 Å². The molecule has 0 spiro atoms. The van der Waals surface area contributed by atoms with Crippen LogP contribution in [0.4, 0.5) is 5.95 Å². The molecule has 0 aliphatic rings. The maximum Gasteiger partial charge on any atom is 0.223 e. The van der Waals surface area contributed by atoms with E-state index in [4.69, 9.17) is 18.0 Å². The van der Waals surface area contributed by atoms with Crippen molar-refractivity contribution in [3.05, 3.63) is 53.9 Å². The van der Waals surface area contributed by atoms with E-state index in [1.165, 1.54) is 5.56 Å². The third-order valence-corrected chi connectivity index (χ3v) is 3.03. The molecule has 0 bridgehead atoms. The van der Waals surface area contributed by atoms with Crippen molar-refractivity contribution in [1.82, 2.24) is 9.97 Å². The zero-order chi connectivity index (χ0) is 13.7. The smallest absolute Gasteiger partial charge is 0.223 e. The van der Waals surface area contributed by atoms with E-state index in [1.807, 2.05) is 18.2 Å². The van der Waals surface area contributed by atoms with Gasteiger partial charge in [0.15, 0.2) is 0 Å². The minimum atomic E-state index is 0.169. The van der Waals surface area contributed by atoms with Crippen LogP contribution >= 0.6 is 12.2 Å². The second-order valence-corrected chi connectivity index (χ2v) is 4.59. The van der Waals surface area contributed by atoms with Crippen molar-refractivity contribution < 1.29 is 0 Å². The number of thiocarbonyl (C=S) groups is 1. The molecule has 1 heterocycles. The normalized spacial score (nSPS) is 11.8. The van der Waals surface area contributed by atoms with Gasteiger partial charge in [-0.1, -0.05) is 49.5 Å². The largest absolute Gasteiger partial charge is 0.388 e. The molecule has 1 atom stereocenters. The molecule has 1 aromatic heterocycles. The van der Waals surface area contributed by atoms with Gasteiger partial charge in [0, 0.05) is 6.20 Å². The zero-order valence-electron chi connectivity index (χ0n) is 10.7. The molecule has 1 aromatic carbocycles.